The highest BCUT2D eigenvalue weighted by Gasteiger charge is 2.18. The lowest BCUT2D eigenvalue weighted by atomic mass is 10.2. The maximum Gasteiger partial charge on any atom is 0.332 e. The van der Waals surface area contributed by atoms with E-state index in [9.17, 15) is 9.59 Å². The number of nitrogens with zero attached hydrogens (tertiary/aromatic N) is 3. The zero-order chi connectivity index (χ0) is 13.9. The fourth-order valence-corrected chi connectivity index (χ4v) is 1.58. The molecule has 0 atom stereocenters. The summed E-state index contributed by atoms with van der Waals surface area (Å²) in [6.07, 6.45) is 1.46. The van der Waals surface area contributed by atoms with E-state index < -0.39 is 11.2 Å². The Morgan fingerprint density at radius 2 is 2.11 bits per heavy atom. The highest BCUT2D eigenvalue weighted by atomic mass is 16.5. The predicted octanol–water partition coefficient (Wildman–Crippen LogP) is 0.682. The molecule has 0 fully saturated rings. The lowest BCUT2D eigenvalue weighted by molar-refractivity contribution is 0.369. The molecule has 1 rings (SSSR count). The summed E-state index contributed by atoms with van der Waals surface area (Å²) in [4.78, 5) is 27.8. The van der Waals surface area contributed by atoms with Gasteiger partial charge in [-0.15, -0.1) is 6.58 Å². The first-order chi connectivity index (χ1) is 8.49. The molecule has 1 heterocycles. The minimum absolute atomic E-state index is 0.104. The summed E-state index contributed by atoms with van der Waals surface area (Å²) in [6.45, 7) is 10.6. The molecule has 0 saturated carbocycles. The van der Waals surface area contributed by atoms with E-state index in [4.69, 9.17) is 4.74 Å². The molecule has 0 aliphatic rings. The van der Waals surface area contributed by atoms with Crippen LogP contribution in [-0.2, 0) is 18.3 Å². The number of aromatic nitrogens is 2. The van der Waals surface area contributed by atoms with Crippen molar-refractivity contribution in [2.24, 2.45) is 12.0 Å². The van der Waals surface area contributed by atoms with E-state index in [0.29, 0.717) is 0 Å². The fraction of sp³-hybridized carbons (Fsp3) is 0.250. The third kappa shape index (κ3) is 2.04. The number of hydrogen-bond donors (Lipinski definition) is 0. The Morgan fingerprint density at radius 1 is 1.50 bits per heavy atom. The topological polar surface area (TPSA) is 65.6 Å². The van der Waals surface area contributed by atoms with Crippen LogP contribution in [0.15, 0.2) is 33.8 Å². The van der Waals surface area contributed by atoms with Crippen molar-refractivity contribution in [2.45, 2.75) is 6.54 Å². The van der Waals surface area contributed by atoms with Gasteiger partial charge in [0.2, 0.25) is 0 Å². The number of allylic oxidation sites excluding steroid dienone is 1. The summed E-state index contributed by atoms with van der Waals surface area (Å²) in [6, 6.07) is 0. The van der Waals surface area contributed by atoms with Crippen molar-refractivity contribution in [1.29, 1.82) is 0 Å². The number of aliphatic imine (C=N–C) groups is 1. The van der Waals surface area contributed by atoms with E-state index in [1.807, 2.05) is 0 Å². The standard InChI is InChI=1S/C12H15N3O3/c1-6-7-15-11(16)9(8(2)18-5)10(13-3)14(4)12(15)17/h6H,1-3,7H2,4-5H3. The van der Waals surface area contributed by atoms with Crippen molar-refractivity contribution in [3.05, 3.63) is 45.6 Å². The zero-order valence-corrected chi connectivity index (χ0v) is 10.5. The predicted molar refractivity (Wildman–Crippen MR) is 71.4 cm³/mol. The second-order valence-electron chi connectivity index (χ2n) is 3.53. The summed E-state index contributed by atoms with van der Waals surface area (Å²) in [5.41, 5.74) is -0.890. The van der Waals surface area contributed by atoms with Gasteiger partial charge in [0.15, 0.2) is 5.82 Å². The van der Waals surface area contributed by atoms with Crippen LogP contribution < -0.4 is 11.2 Å². The summed E-state index contributed by atoms with van der Waals surface area (Å²) in [5.74, 6) is 0.271. The molecule has 0 unspecified atom stereocenters. The molecule has 96 valence electrons. The van der Waals surface area contributed by atoms with Crippen molar-refractivity contribution in [2.75, 3.05) is 7.11 Å². The first-order valence-corrected chi connectivity index (χ1v) is 5.14. The second-order valence-corrected chi connectivity index (χ2v) is 3.53. The highest BCUT2D eigenvalue weighted by molar-refractivity contribution is 5.67. The van der Waals surface area contributed by atoms with Gasteiger partial charge in [0.25, 0.3) is 5.56 Å². The van der Waals surface area contributed by atoms with Crippen molar-refractivity contribution in [3.63, 3.8) is 0 Å². The monoisotopic (exact) mass is 249 g/mol. The maximum atomic E-state index is 12.2. The van der Waals surface area contributed by atoms with Crippen molar-refractivity contribution < 1.29 is 4.74 Å². The molecule has 0 bridgehead atoms. The minimum atomic E-state index is -0.521. The highest BCUT2D eigenvalue weighted by Crippen LogP contribution is 2.19. The molecule has 0 saturated heterocycles. The largest absolute Gasteiger partial charge is 0.496 e. The van der Waals surface area contributed by atoms with Gasteiger partial charge >= 0.3 is 5.69 Å². The van der Waals surface area contributed by atoms with Gasteiger partial charge in [-0.05, 0) is 6.72 Å². The van der Waals surface area contributed by atoms with Gasteiger partial charge in [-0.3, -0.25) is 13.9 Å². The number of ether oxygens (including phenoxy) is 1. The van der Waals surface area contributed by atoms with E-state index in [1.54, 1.807) is 0 Å². The molecule has 1 aromatic heterocycles. The smallest absolute Gasteiger partial charge is 0.332 e. The number of methoxy groups -OCH3 is 1. The third-order valence-corrected chi connectivity index (χ3v) is 2.50. The second kappa shape index (κ2) is 5.31. The van der Waals surface area contributed by atoms with Crippen LogP contribution >= 0.6 is 0 Å². The van der Waals surface area contributed by atoms with E-state index in [0.717, 1.165) is 4.57 Å². The summed E-state index contributed by atoms with van der Waals surface area (Å²) >= 11 is 0. The molecule has 0 spiro atoms. The van der Waals surface area contributed by atoms with Gasteiger partial charge in [0, 0.05) is 13.6 Å². The van der Waals surface area contributed by atoms with Crippen LogP contribution in [0.1, 0.15) is 5.56 Å². The van der Waals surface area contributed by atoms with Gasteiger partial charge in [0.05, 0.1) is 7.11 Å². The zero-order valence-electron chi connectivity index (χ0n) is 10.5. The van der Waals surface area contributed by atoms with Crippen LogP contribution in [-0.4, -0.2) is 23.0 Å². The Morgan fingerprint density at radius 3 is 2.56 bits per heavy atom. The van der Waals surface area contributed by atoms with Crippen LogP contribution in [0.5, 0.6) is 0 Å². The Balaban J connectivity index is 3.84. The van der Waals surface area contributed by atoms with Crippen molar-refractivity contribution in [1.82, 2.24) is 9.13 Å². The molecule has 0 aliphatic carbocycles. The summed E-state index contributed by atoms with van der Waals surface area (Å²) in [7, 11) is 2.88. The molecular formula is C12H15N3O3. The van der Waals surface area contributed by atoms with Crippen molar-refractivity contribution >= 4 is 18.3 Å². The molecule has 0 radical (unpaired) electrons. The molecule has 6 heteroatoms. The van der Waals surface area contributed by atoms with Crippen molar-refractivity contribution in [3.8, 4) is 0 Å². The Hall–Kier alpha value is -2.37. The Bertz CT molecular complexity index is 623. The Kier molecular flexibility index (Phi) is 4.04. The average Bonchev–Trinajstić information content (AvgIpc) is 2.37. The third-order valence-electron chi connectivity index (χ3n) is 2.50. The first-order valence-electron chi connectivity index (χ1n) is 5.14. The van der Waals surface area contributed by atoms with E-state index >= 15 is 0 Å². The fourth-order valence-electron chi connectivity index (χ4n) is 1.58. The van der Waals surface area contributed by atoms with E-state index in [1.165, 1.54) is 24.8 Å². The van der Waals surface area contributed by atoms with E-state index in [2.05, 4.69) is 24.9 Å². The van der Waals surface area contributed by atoms with Crippen LogP contribution in [0.25, 0.3) is 5.76 Å². The summed E-state index contributed by atoms with van der Waals surface area (Å²) < 4.78 is 7.20. The van der Waals surface area contributed by atoms with Crippen LogP contribution in [0, 0.1) is 0 Å². The van der Waals surface area contributed by atoms with Gasteiger partial charge in [-0.25, -0.2) is 9.79 Å². The molecule has 0 aromatic carbocycles. The summed E-state index contributed by atoms with van der Waals surface area (Å²) in [5, 5.41) is 0. The quantitative estimate of drug-likeness (QED) is 0.438. The van der Waals surface area contributed by atoms with Crippen LogP contribution in [0.2, 0.25) is 0 Å². The van der Waals surface area contributed by atoms with Gasteiger partial charge < -0.3 is 4.74 Å². The number of rotatable bonds is 5. The van der Waals surface area contributed by atoms with Crippen LogP contribution in [0.4, 0.5) is 5.82 Å². The average molecular weight is 249 g/mol. The number of hydrogen-bond acceptors (Lipinski definition) is 4. The molecule has 6 nitrogen and oxygen atoms in total. The van der Waals surface area contributed by atoms with Crippen LogP contribution in [0.3, 0.4) is 0 Å². The van der Waals surface area contributed by atoms with Gasteiger partial charge in [-0.1, -0.05) is 12.7 Å². The van der Waals surface area contributed by atoms with E-state index in [-0.39, 0.29) is 23.7 Å². The van der Waals surface area contributed by atoms with Gasteiger partial charge in [0.1, 0.15) is 11.3 Å². The molecular weight excluding hydrogens is 234 g/mol. The molecule has 0 aliphatic heterocycles. The Labute approximate surface area is 104 Å². The molecule has 1 aromatic rings. The lowest BCUT2D eigenvalue weighted by Crippen LogP contribution is -2.40. The van der Waals surface area contributed by atoms with Gasteiger partial charge in [-0.2, -0.15) is 0 Å². The first kappa shape index (κ1) is 13.7. The normalized spacial score (nSPS) is 9.89. The molecule has 18 heavy (non-hydrogen) atoms. The molecule has 0 amide bonds. The molecule has 0 N–H and O–H groups in total. The maximum absolute atomic E-state index is 12.2. The SMILES string of the molecule is C=CCn1c(=O)c(C(=C)OC)c(N=C)n(C)c1=O. The minimum Gasteiger partial charge on any atom is -0.496 e. The lowest BCUT2D eigenvalue weighted by Gasteiger charge is -2.13.